The molecule has 0 saturated heterocycles. The van der Waals surface area contributed by atoms with Crippen LogP contribution in [0, 0.1) is 5.41 Å². The van der Waals surface area contributed by atoms with Gasteiger partial charge in [-0.05, 0) is 48.9 Å². The normalized spacial score (nSPS) is 14.2. The zero-order valence-electron chi connectivity index (χ0n) is 13.3. The summed E-state index contributed by atoms with van der Waals surface area (Å²) in [4.78, 5) is 0. The molecule has 1 nitrogen and oxygen atoms in total. The van der Waals surface area contributed by atoms with Crippen LogP contribution in [0.2, 0.25) is 0 Å². The quantitative estimate of drug-likeness (QED) is 0.743. The molecule has 21 heavy (non-hydrogen) atoms. The third-order valence-electron chi connectivity index (χ3n) is 4.22. The maximum Gasteiger partial charge on any atom is 0.416 e. The predicted molar refractivity (Wildman–Crippen MR) is 81.3 cm³/mol. The van der Waals surface area contributed by atoms with Gasteiger partial charge in [-0.1, -0.05) is 39.8 Å². The van der Waals surface area contributed by atoms with Gasteiger partial charge in [0.25, 0.3) is 0 Å². The van der Waals surface area contributed by atoms with Gasteiger partial charge >= 0.3 is 6.18 Å². The third-order valence-corrected chi connectivity index (χ3v) is 4.22. The van der Waals surface area contributed by atoms with Gasteiger partial charge in [-0.15, -0.1) is 0 Å². The molecule has 120 valence electrons. The third kappa shape index (κ3) is 5.34. The molecule has 0 radical (unpaired) electrons. The summed E-state index contributed by atoms with van der Waals surface area (Å²) in [6, 6.07) is 5.79. The molecular formula is C17H26F3N. The molecule has 1 aromatic rings. The van der Waals surface area contributed by atoms with Crippen molar-refractivity contribution < 1.29 is 13.2 Å². The Balaban J connectivity index is 2.83. The Hall–Kier alpha value is -1.03. The Morgan fingerprint density at radius 1 is 1.05 bits per heavy atom. The maximum absolute atomic E-state index is 12.6. The van der Waals surface area contributed by atoms with Gasteiger partial charge in [0.05, 0.1) is 5.56 Å². The Kier molecular flexibility index (Phi) is 6.26. The second-order valence-electron chi connectivity index (χ2n) is 6.25. The summed E-state index contributed by atoms with van der Waals surface area (Å²) in [6.07, 6.45) is -1.45. The highest BCUT2D eigenvalue weighted by atomic mass is 19.4. The van der Waals surface area contributed by atoms with E-state index < -0.39 is 11.7 Å². The van der Waals surface area contributed by atoms with E-state index in [1.165, 1.54) is 12.1 Å². The molecule has 0 heterocycles. The number of rotatable bonds is 7. The van der Waals surface area contributed by atoms with Crippen molar-refractivity contribution in [3.63, 3.8) is 0 Å². The molecular weight excluding hydrogens is 275 g/mol. The molecule has 0 spiro atoms. The number of benzene rings is 1. The van der Waals surface area contributed by atoms with Gasteiger partial charge in [-0.25, -0.2) is 0 Å². The Labute approximate surface area is 125 Å². The van der Waals surface area contributed by atoms with E-state index in [0.29, 0.717) is 0 Å². The standard InChI is InChI=1S/C17H26F3N/c1-5-11-21-15(16(3,4)6-2)12-13-7-9-14(10-8-13)17(18,19)20/h7-10,15,21H,5-6,11-12H2,1-4H3. The first-order chi connectivity index (χ1) is 9.70. The van der Waals surface area contributed by atoms with Crippen molar-refractivity contribution in [3.05, 3.63) is 35.4 Å². The number of alkyl halides is 3. The van der Waals surface area contributed by atoms with Gasteiger partial charge in [0.2, 0.25) is 0 Å². The van der Waals surface area contributed by atoms with Crippen molar-refractivity contribution in [1.82, 2.24) is 5.32 Å². The van der Waals surface area contributed by atoms with Crippen molar-refractivity contribution in [2.75, 3.05) is 6.54 Å². The van der Waals surface area contributed by atoms with Crippen LogP contribution < -0.4 is 5.32 Å². The lowest BCUT2D eigenvalue weighted by molar-refractivity contribution is -0.137. The second kappa shape index (κ2) is 7.30. The highest BCUT2D eigenvalue weighted by Gasteiger charge is 2.31. The van der Waals surface area contributed by atoms with Gasteiger partial charge in [0, 0.05) is 6.04 Å². The smallest absolute Gasteiger partial charge is 0.313 e. The van der Waals surface area contributed by atoms with Crippen LogP contribution in [0.15, 0.2) is 24.3 Å². The van der Waals surface area contributed by atoms with Crippen molar-refractivity contribution in [2.45, 2.75) is 59.2 Å². The first-order valence-electron chi connectivity index (χ1n) is 7.60. The minimum absolute atomic E-state index is 0.109. The number of halogens is 3. The van der Waals surface area contributed by atoms with Gasteiger partial charge in [-0.2, -0.15) is 13.2 Å². The molecule has 1 unspecified atom stereocenters. The van der Waals surface area contributed by atoms with Crippen LogP contribution in [-0.2, 0) is 12.6 Å². The lowest BCUT2D eigenvalue weighted by Crippen LogP contribution is -2.43. The number of hydrogen-bond acceptors (Lipinski definition) is 1. The second-order valence-corrected chi connectivity index (χ2v) is 6.25. The van der Waals surface area contributed by atoms with Gasteiger partial charge < -0.3 is 5.32 Å². The van der Waals surface area contributed by atoms with E-state index in [1.807, 2.05) is 0 Å². The fraction of sp³-hybridized carbons (Fsp3) is 0.647. The summed E-state index contributed by atoms with van der Waals surface area (Å²) in [6.45, 7) is 9.58. The van der Waals surface area contributed by atoms with E-state index in [9.17, 15) is 13.2 Å². The molecule has 0 aliphatic rings. The molecule has 1 atom stereocenters. The van der Waals surface area contributed by atoms with Crippen LogP contribution >= 0.6 is 0 Å². The van der Waals surface area contributed by atoms with Crippen LogP contribution in [0.25, 0.3) is 0 Å². The minimum Gasteiger partial charge on any atom is -0.313 e. The highest BCUT2D eigenvalue weighted by Crippen LogP contribution is 2.31. The minimum atomic E-state index is -4.26. The highest BCUT2D eigenvalue weighted by molar-refractivity contribution is 5.25. The van der Waals surface area contributed by atoms with Crippen molar-refractivity contribution >= 4 is 0 Å². The first kappa shape index (κ1) is 18.0. The zero-order valence-corrected chi connectivity index (χ0v) is 13.3. The predicted octanol–water partition coefficient (Wildman–Crippen LogP) is 5.05. The van der Waals surface area contributed by atoms with E-state index in [1.54, 1.807) is 12.1 Å². The zero-order chi connectivity index (χ0) is 16.1. The van der Waals surface area contributed by atoms with Crippen LogP contribution in [0.4, 0.5) is 13.2 Å². The lowest BCUT2D eigenvalue weighted by Gasteiger charge is -2.34. The van der Waals surface area contributed by atoms with Gasteiger partial charge in [-0.3, -0.25) is 0 Å². The van der Waals surface area contributed by atoms with Crippen molar-refractivity contribution in [1.29, 1.82) is 0 Å². The molecule has 0 fully saturated rings. The van der Waals surface area contributed by atoms with Crippen LogP contribution in [-0.4, -0.2) is 12.6 Å². The molecule has 0 aromatic heterocycles. The fourth-order valence-electron chi connectivity index (χ4n) is 2.26. The average Bonchev–Trinajstić information content (AvgIpc) is 2.42. The van der Waals surface area contributed by atoms with E-state index in [-0.39, 0.29) is 11.5 Å². The summed E-state index contributed by atoms with van der Waals surface area (Å²) < 4.78 is 37.7. The molecule has 1 rings (SSSR count). The van der Waals surface area contributed by atoms with Crippen LogP contribution in [0.5, 0.6) is 0 Å². The number of hydrogen-bond donors (Lipinski definition) is 1. The van der Waals surface area contributed by atoms with Crippen molar-refractivity contribution in [3.8, 4) is 0 Å². The van der Waals surface area contributed by atoms with E-state index in [0.717, 1.165) is 31.4 Å². The molecule has 4 heteroatoms. The first-order valence-corrected chi connectivity index (χ1v) is 7.60. The molecule has 1 aromatic carbocycles. The molecule has 0 aliphatic heterocycles. The van der Waals surface area contributed by atoms with Crippen molar-refractivity contribution in [2.24, 2.45) is 5.41 Å². The van der Waals surface area contributed by atoms with Gasteiger partial charge in [0.1, 0.15) is 0 Å². The van der Waals surface area contributed by atoms with Crippen LogP contribution in [0.1, 0.15) is 51.7 Å². The summed E-state index contributed by atoms with van der Waals surface area (Å²) in [5.41, 5.74) is 0.468. The topological polar surface area (TPSA) is 12.0 Å². The SMILES string of the molecule is CCCNC(Cc1ccc(C(F)(F)F)cc1)C(C)(C)CC. The molecule has 0 aliphatic carbocycles. The Morgan fingerprint density at radius 3 is 2.05 bits per heavy atom. The Morgan fingerprint density at radius 2 is 1.62 bits per heavy atom. The van der Waals surface area contributed by atoms with Gasteiger partial charge in [0.15, 0.2) is 0 Å². The van der Waals surface area contributed by atoms with Crippen LogP contribution in [0.3, 0.4) is 0 Å². The monoisotopic (exact) mass is 301 g/mol. The summed E-state index contributed by atoms with van der Waals surface area (Å²) in [5.74, 6) is 0. The maximum atomic E-state index is 12.6. The fourth-order valence-corrected chi connectivity index (χ4v) is 2.26. The lowest BCUT2D eigenvalue weighted by atomic mass is 9.79. The molecule has 0 saturated carbocycles. The molecule has 0 amide bonds. The summed E-state index contributed by atoms with van der Waals surface area (Å²) in [7, 11) is 0. The van der Waals surface area contributed by atoms with E-state index >= 15 is 0 Å². The summed E-state index contributed by atoms with van der Waals surface area (Å²) in [5, 5.41) is 3.53. The average molecular weight is 301 g/mol. The molecule has 1 N–H and O–H groups in total. The summed E-state index contributed by atoms with van der Waals surface area (Å²) >= 11 is 0. The Bertz CT molecular complexity index is 421. The number of nitrogens with one attached hydrogen (secondary N) is 1. The van der Waals surface area contributed by atoms with E-state index in [2.05, 4.69) is 33.0 Å². The van der Waals surface area contributed by atoms with E-state index in [4.69, 9.17) is 0 Å². The molecule has 0 bridgehead atoms. The largest absolute Gasteiger partial charge is 0.416 e.